The Morgan fingerprint density at radius 2 is 2.14 bits per heavy atom. The van der Waals surface area contributed by atoms with Gasteiger partial charge in [-0.1, -0.05) is 23.2 Å². The van der Waals surface area contributed by atoms with Gasteiger partial charge in [-0.25, -0.2) is 0 Å². The van der Waals surface area contributed by atoms with Crippen LogP contribution in [0.1, 0.15) is 12.1 Å². The van der Waals surface area contributed by atoms with E-state index in [1.807, 2.05) is 0 Å². The molecule has 0 fully saturated rings. The van der Waals surface area contributed by atoms with Crippen molar-refractivity contribution in [1.29, 1.82) is 0 Å². The van der Waals surface area contributed by atoms with E-state index in [0.29, 0.717) is 21.4 Å². The van der Waals surface area contributed by atoms with Crippen LogP contribution < -0.4 is 5.32 Å². The molecule has 0 unspecified atom stereocenters. The van der Waals surface area contributed by atoms with Crippen molar-refractivity contribution in [3.63, 3.8) is 0 Å². The second-order valence-corrected chi connectivity index (χ2v) is 5.36. The summed E-state index contributed by atoms with van der Waals surface area (Å²) in [7, 11) is 0. The molecule has 0 atom stereocenters. The van der Waals surface area contributed by atoms with Crippen LogP contribution in [-0.2, 0) is 11.3 Å². The van der Waals surface area contributed by atoms with Gasteiger partial charge in [0.1, 0.15) is 11.9 Å². The van der Waals surface area contributed by atoms with Crippen molar-refractivity contribution in [1.82, 2.24) is 9.78 Å². The largest absolute Gasteiger partial charge is 0.326 e. The Morgan fingerprint density at radius 3 is 2.73 bits per heavy atom. The summed E-state index contributed by atoms with van der Waals surface area (Å²) in [5.74, 6) is -0.255. The molecule has 0 aliphatic rings. The van der Waals surface area contributed by atoms with Gasteiger partial charge in [-0.05, 0) is 25.1 Å². The number of carbonyl (C=O) groups excluding carboxylic acids is 1. The SMILES string of the molecule is Cc1nn(CCC(=O)Nc2ccc(Cl)c(Cl)c2)cc1[N+](=O)[O-]. The Labute approximate surface area is 136 Å². The summed E-state index contributed by atoms with van der Waals surface area (Å²) in [5.41, 5.74) is 0.779. The van der Waals surface area contributed by atoms with E-state index in [4.69, 9.17) is 23.2 Å². The van der Waals surface area contributed by atoms with E-state index in [-0.39, 0.29) is 24.6 Å². The van der Waals surface area contributed by atoms with Crippen LogP contribution >= 0.6 is 23.2 Å². The predicted octanol–water partition coefficient (Wildman–Crippen LogP) is 3.44. The summed E-state index contributed by atoms with van der Waals surface area (Å²) in [6.45, 7) is 1.78. The van der Waals surface area contributed by atoms with Crippen molar-refractivity contribution in [2.45, 2.75) is 19.9 Å². The number of nitro groups is 1. The molecule has 1 amide bonds. The average Bonchev–Trinajstić information content (AvgIpc) is 2.82. The second kappa shape index (κ2) is 6.76. The van der Waals surface area contributed by atoms with Gasteiger partial charge >= 0.3 is 5.69 Å². The fourth-order valence-corrected chi connectivity index (χ4v) is 2.11. The maximum absolute atomic E-state index is 11.8. The molecule has 22 heavy (non-hydrogen) atoms. The zero-order chi connectivity index (χ0) is 16.3. The fourth-order valence-electron chi connectivity index (χ4n) is 1.81. The standard InChI is InChI=1S/C13H12Cl2N4O3/c1-8-12(19(21)22)7-18(17-8)5-4-13(20)16-9-2-3-10(14)11(15)6-9/h2-3,6-7H,4-5H2,1H3,(H,16,20). The predicted molar refractivity (Wildman–Crippen MR) is 83.3 cm³/mol. The van der Waals surface area contributed by atoms with Crippen molar-refractivity contribution >= 4 is 40.5 Å². The molecule has 9 heteroatoms. The lowest BCUT2D eigenvalue weighted by Crippen LogP contribution is -2.14. The highest BCUT2D eigenvalue weighted by Gasteiger charge is 2.15. The molecule has 0 saturated heterocycles. The van der Waals surface area contributed by atoms with Crippen molar-refractivity contribution in [2.75, 3.05) is 5.32 Å². The van der Waals surface area contributed by atoms with E-state index < -0.39 is 4.92 Å². The zero-order valence-electron chi connectivity index (χ0n) is 11.5. The van der Waals surface area contributed by atoms with E-state index in [2.05, 4.69) is 10.4 Å². The molecule has 2 aromatic rings. The van der Waals surface area contributed by atoms with Gasteiger partial charge in [0.2, 0.25) is 5.91 Å². The van der Waals surface area contributed by atoms with Gasteiger partial charge < -0.3 is 5.32 Å². The number of hydrogen-bond donors (Lipinski definition) is 1. The first-order chi connectivity index (χ1) is 10.4. The highest BCUT2D eigenvalue weighted by molar-refractivity contribution is 6.42. The molecular formula is C13H12Cl2N4O3. The molecule has 1 aromatic carbocycles. The highest BCUT2D eigenvalue weighted by atomic mass is 35.5. The molecule has 1 heterocycles. The number of rotatable bonds is 5. The molecule has 7 nitrogen and oxygen atoms in total. The molecule has 2 rings (SSSR count). The van der Waals surface area contributed by atoms with E-state index in [1.54, 1.807) is 25.1 Å². The van der Waals surface area contributed by atoms with Gasteiger partial charge in [-0.3, -0.25) is 19.6 Å². The third-order valence-corrected chi connectivity index (χ3v) is 3.63. The summed E-state index contributed by atoms with van der Waals surface area (Å²) < 4.78 is 1.38. The van der Waals surface area contributed by atoms with Crippen LogP contribution in [0, 0.1) is 17.0 Å². The lowest BCUT2D eigenvalue weighted by Gasteiger charge is -2.06. The zero-order valence-corrected chi connectivity index (χ0v) is 13.1. The van der Waals surface area contributed by atoms with Crippen LogP contribution in [0.15, 0.2) is 24.4 Å². The first kappa shape index (κ1) is 16.3. The van der Waals surface area contributed by atoms with Crippen LogP contribution in [0.3, 0.4) is 0 Å². The number of aryl methyl sites for hydroxylation is 2. The number of nitrogens with one attached hydrogen (secondary N) is 1. The van der Waals surface area contributed by atoms with E-state index in [9.17, 15) is 14.9 Å². The lowest BCUT2D eigenvalue weighted by molar-refractivity contribution is -0.385. The minimum Gasteiger partial charge on any atom is -0.326 e. The van der Waals surface area contributed by atoms with E-state index in [0.717, 1.165) is 0 Å². The average molecular weight is 343 g/mol. The number of amides is 1. The van der Waals surface area contributed by atoms with Crippen LogP contribution in [0.4, 0.5) is 11.4 Å². The molecule has 0 saturated carbocycles. The van der Waals surface area contributed by atoms with Crippen LogP contribution in [-0.4, -0.2) is 20.6 Å². The summed E-state index contributed by atoms with van der Waals surface area (Å²) >= 11 is 11.6. The molecule has 0 spiro atoms. The van der Waals surface area contributed by atoms with Gasteiger partial charge in [0.05, 0.1) is 15.0 Å². The molecule has 0 aliphatic carbocycles. The summed E-state index contributed by atoms with van der Waals surface area (Å²) in [6.07, 6.45) is 1.43. The van der Waals surface area contributed by atoms with Gasteiger partial charge in [-0.2, -0.15) is 5.10 Å². The Bertz CT molecular complexity index is 730. The van der Waals surface area contributed by atoms with Gasteiger partial charge in [0.15, 0.2) is 0 Å². The van der Waals surface area contributed by atoms with Crippen molar-refractivity contribution < 1.29 is 9.72 Å². The molecule has 1 aromatic heterocycles. The van der Waals surface area contributed by atoms with Gasteiger partial charge in [0, 0.05) is 18.7 Å². The number of halogens is 2. The second-order valence-electron chi connectivity index (χ2n) is 4.55. The van der Waals surface area contributed by atoms with Gasteiger partial charge in [-0.15, -0.1) is 0 Å². The number of nitrogens with zero attached hydrogens (tertiary/aromatic N) is 3. The molecular weight excluding hydrogens is 331 g/mol. The molecule has 1 N–H and O–H groups in total. The Balaban J connectivity index is 1.94. The van der Waals surface area contributed by atoms with E-state index >= 15 is 0 Å². The quantitative estimate of drug-likeness (QED) is 0.665. The van der Waals surface area contributed by atoms with Crippen LogP contribution in [0.25, 0.3) is 0 Å². The first-order valence-corrected chi connectivity index (χ1v) is 7.06. The summed E-state index contributed by atoms with van der Waals surface area (Å²) in [5, 5.41) is 18.1. The van der Waals surface area contributed by atoms with Crippen molar-refractivity contribution in [3.05, 3.63) is 50.2 Å². The Morgan fingerprint density at radius 1 is 1.41 bits per heavy atom. The molecule has 116 valence electrons. The normalized spacial score (nSPS) is 10.5. The smallest absolute Gasteiger partial charge is 0.309 e. The van der Waals surface area contributed by atoms with Crippen LogP contribution in [0.2, 0.25) is 10.0 Å². The van der Waals surface area contributed by atoms with Crippen molar-refractivity contribution in [2.24, 2.45) is 0 Å². The minimum atomic E-state index is -0.505. The number of benzene rings is 1. The Kier molecular flexibility index (Phi) is 4.99. The topological polar surface area (TPSA) is 90.1 Å². The third-order valence-electron chi connectivity index (χ3n) is 2.89. The van der Waals surface area contributed by atoms with Crippen molar-refractivity contribution in [3.8, 4) is 0 Å². The molecule has 0 bridgehead atoms. The van der Waals surface area contributed by atoms with E-state index in [1.165, 1.54) is 10.9 Å². The highest BCUT2D eigenvalue weighted by Crippen LogP contribution is 2.25. The number of anilines is 1. The fraction of sp³-hybridized carbons (Fsp3) is 0.231. The lowest BCUT2D eigenvalue weighted by atomic mass is 10.3. The number of hydrogen-bond acceptors (Lipinski definition) is 4. The molecule has 0 radical (unpaired) electrons. The summed E-state index contributed by atoms with van der Waals surface area (Å²) in [6, 6.07) is 4.76. The maximum Gasteiger partial charge on any atom is 0.309 e. The number of carbonyl (C=O) groups is 1. The first-order valence-electron chi connectivity index (χ1n) is 6.30. The third kappa shape index (κ3) is 3.96. The Hall–Kier alpha value is -2.12. The number of aromatic nitrogens is 2. The minimum absolute atomic E-state index is 0.0649. The monoisotopic (exact) mass is 342 g/mol. The summed E-state index contributed by atoms with van der Waals surface area (Å²) in [4.78, 5) is 22.1. The van der Waals surface area contributed by atoms with Crippen LogP contribution in [0.5, 0.6) is 0 Å². The maximum atomic E-state index is 11.8. The van der Waals surface area contributed by atoms with Gasteiger partial charge in [0.25, 0.3) is 0 Å². The molecule has 0 aliphatic heterocycles.